The first-order chi connectivity index (χ1) is 10.3. The van der Waals surface area contributed by atoms with Crippen LogP contribution in [0.3, 0.4) is 0 Å². The molecule has 0 aliphatic carbocycles. The molecule has 0 amide bonds. The summed E-state index contributed by atoms with van der Waals surface area (Å²) in [4.78, 5) is 7.98. The minimum Gasteiger partial charge on any atom is -0.315 e. The topological polar surface area (TPSA) is 21.8 Å². The molecule has 2 bridgehead atoms. The van der Waals surface area contributed by atoms with Crippen LogP contribution in [0.5, 0.6) is 0 Å². The van der Waals surface area contributed by atoms with E-state index in [4.69, 9.17) is 0 Å². The Balaban J connectivity index is 2.01. The number of unbranched alkanes of at least 4 members (excludes halogenated alkanes) is 1. The lowest BCUT2D eigenvalue weighted by atomic mass is 10.0. The summed E-state index contributed by atoms with van der Waals surface area (Å²) in [6.07, 6.45) is 6.71. The summed E-state index contributed by atoms with van der Waals surface area (Å²) in [6, 6.07) is 0.783. The predicted octanol–water partition coefficient (Wildman–Crippen LogP) is 1.48. The Labute approximate surface area is 131 Å². The van der Waals surface area contributed by atoms with E-state index in [2.05, 4.69) is 34.0 Å². The molecule has 2 rings (SSSR count). The molecule has 1 N–H and O–H groups in total. The molecule has 0 aromatic rings. The highest BCUT2D eigenvalue weighted by atomic mass is 15.2. The Morgan fingerprint density at radius 3 is 2.67 bits per heavy atom. The van der Waals surface area contributed by atoms with Gasteiger partial charge in [0.2, 0.25) is 0 Å². The van der Waals surface area contributed by atoms with E-state index in [0.717, 1.165) is 12.6 Å². The summed E-state index contributed by atoms with van der Waals surface area (Å²) in [5.41, 5.74) is 0. The number of nitrogens with zero attached hydrogens (tertiary/aromatic N) is 3. The fourth-order valence-electron chi connectivity index (χ4n) is 3.64. The van der Waals surface area contributed by atoms with Crippen molar-refractivity contribution in [2.75, 3.05) is 66.0 Å². The Morgan fingerprint density at radius 2 is 1.81 bits per heavy atom. The number of hydrogen-bond acceptors (Lipinski definition) is 4. The van der Waals surface area contributed by atoms with E-state index < -0.39 is 0 Å². The fraction of sp³-hybridized carbons (Fsp3) is 1.00. The maximum atomic E-state index is 3.66. The maximum absolute atomic E-state index is 3.66. The van der Waals surface area contributed by atoms with Gasteiger partial charge in [0.25, 0.3) is 0 Å². The molecule has 0 spiro atoms. The van der Waals surface area contributed by atoms with Gasteiger partial charge in [0.05, 0.1) is 0 Å². The van der Waals surface area contributed by atoms with Gasteiger partial charge in [-0.25, -0.2) is 0 Å². The first-order valence-electron chi connectivity index (χ1n) is 9.15. The van der Waals surface area contributed by atoms with Crippen LogP contribution in [-0.4, -0.2) is 86.7 Å². The molecule has 0 aromatic heterocycles. The molecular weight excluding hydrogens is 260 g/mol. The third kappa shape index (κ3) is 6.23. The van der Waals surface area contributed by atoms with Crippen molar-refractivity contribution in [1.82, 2.24) is 20.0 Å². The molecule has 4 heteroatoms. The average Bonchev–Trinajstić information content (AvgIpc) is 2.50. The van der Waals surface area contributed by atoms with Crippen molar-refractivity contribution in [3.63, 3.8) is 0 Å². The van der Waals surface area contributed by atoms with Crippen LogP contribution in [0.15, 0.2) is 0 Å². The van der Waals surface area contributed by atoms with Gasteiger partial charge in [-0.3, -0.25) is 4.90 Å². The largest absolute Gasteiger partial charge is 0.315 e. The molecule has 21 heavy (non-hydrogen) atoms. The van der Waals surface area contributed by atoms with Crippen LogP contribution < -0.4 is 5.32 Å². The second-order valence-corrected chi connectivity index (χ2v) is 6.87. The van der Waals surface area contributed by atoms with Gasteiger partial charge in [-0.1, -0.05) is 19.8 Å². The van der Waals surface area contributed by atoms with E-state index in [9.17, 15) is 0 Å². The molecule has 3 atom stereocenters. The molecule has 2 saturated heterocycles. The van der Waals surface area contributed by atoms with Crippen LogP contribution in [0.25, 0.3) is 0 Å². The first-order valence-corrected chi connectivity index (χ1v) is 9.15. The van der Waals surface area contributed by atoms with Crippen LogP contribution in [0.4, 0.5) is 0 Å². The second kappa shape index (κ2) is 9.78. The van der Waals surface area contributed by atoms with Gasteiger partial charge in [-0.15, -0.1) is 0 Å². The minimum absolute atomic E-state index is 0.783. The van der Waals surface area contributed by atoms with Crippen molar-refractivity contribution in [1.29, 1.82) is 0 Å². The standard InChI is InChI=1S/C17H36N4/c1-3-4-6-17-7-8-18-9-12-20-11-5-10-19(2)13-15-21(17)16-14-20/h17-18H,3-16H2,1-2H3. The zero-order chi connectivity index (χ0) is 14.9. The van der Waals surface area contributed by atoms with Crippen LogP contribution in [0.1, 0.15) is 39.0 Å². The Morgan fingerprint density at radius 1 is 0.952 bits per heavy atom. The highest BCUT2D eigenvalue weighted by molar-refractivity contribution is 4.78. The quantitative estimate of drug-likeness (QED) is 0.851. The molecule has 0 saturated carbocycles. The number of hydrogen-bond donors (Lipinski definition) is 1. The third-order valence-corrected chi connectivity index (χ3v) is 5.15. The van der Waals surface area contributed by atoms with E-state index in [1.54, 1.807) is 0 Å². The molecule has 2 heterocycles. The molecule has 0 aromatic carbocycles. The zero-order valence-electron chi connectivity index (χ0n) is 14.3. The summed E-state index contributed by atoms with van der Waals surface area (Å²) in [7, 11) is 2.29. The molecule has 0 radical (unpaired) electrons. The summed E-state index contributed by atoms with van der Waals surface area (Å²) in [5.74, 6) is 0. The van der Waals surface area contributed by atoms with Crippen LogP contribution in [0, 0.1) is 0 Å². The Hall–Kier alpha value is -0.160. The highest BCUT2D eigenvalue weighted by Crippen LogP contribution is 2.14. The Bertz CT molecular complexity index is 272. The molecule has 2 aliphatic rings. The number of fused-ring (bicyclic) bond motifs is 3. The van der Waals surface area contributed by atoms with E-state index in [1.807, 2.05) is 0 Å². The van der Waals surface area contributed by atoms with Crippen LogP contribution in [-0.2, 0) is 0 Å². The van der Waals surface area contributed by atoms with E-state index >= 15 is 0 Å². The number of likely N-dealkylation sites (N-methyl/N-ethyl adjacent to an activating group) is 1. The number of nitrogens with one attached hydrogen (secondary N) is 1. The van der Waals surface area contributed by atoms with E-state index in [0.29, 0.717) is 0 Å². The van der Waals surface area contributed by atoms with Crippen molar-refractivity contribution >= 4 is 0 Å². The Kier molecular flexibility index (Phi) is 8.01. The summed E-state index contributed by atoms with van der Waals surface area (Å²) in [5, 5.41) is 3.66. The minimum atomic E-state index is 0.783. The van der Waals surface area contributed by atoms with Gasteiger partial charge in [0.1, 0.15) is 0 Å². The van der Waals surface area contributed by atoms with Crippen LogP contribution >= 0.6 is 0 Å². The normalized spacial score (nSPS) is 33.7. The lowest BCUT2D eigenvalue weighted by molar-refractivity contribution is 0.112. The highest BCUT2D eigenvalue weighted by Gasteiger charge is 2.21. The summed E-state index contributed by atoms with van der Waals surface area (Å²) in [6.45, 7) is 13.4. The second-order valence-electron chi connectivity index (χ2n) is 6.87. The number of rotatable bonds is 3. The molecular formula is C17H36N4. The predicted molar refractivity (Wildman–Crippen MR) is 90.9 cm³/mol. The van der Waals surface area contributed by atoms with Crippen molar-refractivity contribution in [2.24, 2.45) is 0 Å². The smallest absolute Gasteiger partial charge is 0.0113 e. The monoisotopic (exact) mass is 296 g/mol. The van der Waals surface area contributed by atoms with Crippen molar-refractivity contribution in [3.05, 3.63) is 0 Å². The molecule has 4 nitrogen and oxygen atoms in total. The SMILES string of the molecule is CCCCC1CCNCCN2CCCN(C)CCN1CC2. The zero-order valence-corrected chi connectivity index (χ0v) is 14.3. The lowest BCUT2D eigenvalue weighted by Gasteiger charge is -2.37. The lowest BCUT2D eigenvalue weighted by Crippen LogP contribution is -2.49. The van der Waals surface area contributed by atoms with Crippen LogP contribution in [0.2, 0.25) is 0 Å². The van der Waals surface area contributed by atoms with E-state index in [-0.39, 0.29) is 0 Å². The molecule has 3 unspecified atom stereocenters. The molecule has 2 fully saturated rings. The van der Waals surface area contributed by atoms with Gasteiger partial charge in [-0.05, 0) is 45.9 Å². The fourth-order valence-corrected chi connectivity index (χ4v) is 3.64. The average molecular weight is 297 g/mol. The van der Waals surface area contributed by atoms with Gasteiger partial charge in [0, 0.05) is 45.3 Å². The van der Waals surface area contributed by atoms with Crippen molar-refractivity contribution in [2.45, 2.75) is 45.1 Å². The summed E-state index contributed by atoms with van der Waals surface area (Å²) < 4.78 is 0. The summed E-state index contributed by atoms with van der Waals surface area (Å²) >= 11 is 0. The van der Waals surface area contributed by atoms with Gasteiger partial charge in [-0.2, -0.15) is 0 Å². The van der Waals surface area contributed by atoms with E-state index in [1.165, 1.54) is 84.5 Å². The van der Waals surface area contributed by atoms with Gasteiger partial charge < -0.3 is 15.1 Å². The first kappa shape index (κ1) is 17.2. The van der Waals surface area contributed by atoms with Gasteiger partial charge in [0.15, 0.2) is 0 Å². The molecule has 124 valence electrons. The maximum Gasteiger partial charge on any atom is 0.0113 e. The third-order valence-electron chi connectivity index (χ3n) is 5.15. The van der Waals surface area contributed by atoms with Crippen molar-refractivity contribution < 1.29 is 0 Å². The van der Waals surface area contributed by atoms with Gasteiger partial charge >= 0.3 is 0 Å². The molecule has 2 aliphatic heterocycles. The van der Waals surface area contributed by atoms with Crippen molar-refractivity contribution in [3.8, 4) is 0 Å².